The Labute approximate surface area is 139 Å². The molecule has 0 amide bonds. The Morgan fingerprint density at radius 3 is 2.43 bits per heavy atom. The smallest absolute Gasteiger partial charge is 0.185 e. The molecule has 1 aliphatic rings. The van der Waals surface area contributed by atoms with Crippen molar-refractivity contribution in [1.29, 1.82) is 0 Å². The summed E-state index contributed by atoms with van der Waals surface area (Å²) in [6, 6.07) is 0.453. The van der Waals surface area contributed by atoms with Gasteiger partial charge >= 0.3 is 0 Å². The van der Waals surface area contributed by atoms with Crippen LogP contribution in [0.15, 0.2) is 0 Å². The van der Waals surface area contributed by atoms with Crippen molar-refractivity contribution in [3.8, 4) is 0 Å². The fourth-order valence-electron chi connectivity index (χ4n) is 2.57. The molecule has 7 heteroatoms. The van der Waals surface area contributed by atoms with Gasteiger partial charge in [-0.05, 0) is 42.7 Å². The van der Waals surface area contributed by atoms with Crippen LogP contribution in [-0.2, 0) is 0 Å². The minimum absolute atomic E-state index is 0.453. The van der Waals surface area contributed by atoms with Gasteiger partial charge in [0.15, 0.2) is 10.2 Å². The summed E-state index contributed by atoms with van der Waals surface area (Å²) in [6.45, 7) is 6.47. The Morgan fingerprint density at radius 1 is 1.10 bits per heavy atom. The molecule has 122 valence electrons. The topological polar surface area (TPSA) is 52.6 Å². The predicted octanol–water partition coefficient (Wildman–Crippen LogP) is -0.201. The second-order valence-electron chi connectivity index (χ2n) is 6.31. The maximum absolute atomic E-state index is 5.32. The molecule has 0 aliphatic heterocycles. The molecule has 5 nitrogen and oxygen atoms in total. The van der Waals surface area contributed by atoms with Crippen LogP contribution in [0.1, 0.15) is 33.1 Å². The van der Waals surface area contributed by atoms with Crippen molar-refractivity contribution >= 4 is 34.7 Å². The van der Waals surface area contributed by atoms with Gasteiger partial charge in [-0.3, -0.25) is 10.9 Å². The fourth-order valence-corrected chi connectivity index (χ4v) is 2.93. The predicted molar refractivity (Wildman–Crippen MR) is 96.3 cm³/mol. The number of nitrogens with one attached hydrogen (secondary N) is 5. The molecule has 1 rings (SSSR count). The van der Waals surface area contributed by atoms with E-state index in [4.69, 9.17) is 24.4 Å². The zero-order valence-corrected chi connectivity index (χ0v) is 15.2. The Bertz CT molecular complexity index is 348. The molecule has 0 unspecified atom stereocenters. The van der Waals surface area contributed by atoms with Crippen LogP contribution in [0.2, 0.25) is 0 Å². The average Bonchev–Trinajstić information content (AvgIpc) is 2.41. The monoisotopic (exact) mass is 332 g/mol. The Kier molecular flexibility index (Phi) is 8.21. The Hall–Kier alpha value is -0.660. The number of hydrogen-bond acceptors (Lipinski definition) is 2. The molecule has 1 fully saturated rings. The maximum atomic E-state index is 5.32. The molecule has 0 spiro atoms. The summed E-state index contributed by atoms with van der Waals surface area (Å²) in [7, 11) is 4.23. The first kappa shape index (κ1) is 18.4. The van der Waals surface area contributed by atoms with E-state index in [2.05, 4.69) is 49.4 Å². The third kappa shape index (κ3) is 7.24. The summed E-state index contributed by atoms with van der Waals surface area (Å²) in [5.74, 6) is 1.40. The van der Waals surface area contributed by atoms with Crippen molar-refractivity contribution in [2.45, 2.75) is 39.2 Å². The number of hydrogen-bond donors (Lipinski definition) is 5. The van der Waals surface area contributed by atoms with Crippen LogP contribution >= 0.6 is 24.4 Å². The number of likely N-dealkylation sites (N-methyl/N-ethyl adjacent to an activating group) is 1. The van der Waals surface area contributed by atoms with Gasteiger partial charge < -0.3 is 15.5 Å². The molecule has 1 saturated carbocycles. The molecule has 0 bridgehead atoms. The number of hydrazine groups is 1. The second kappa shape index (κ2) is 9.38. The van der Waals surface area contributed by atoms with Gasteiger partial charge in [0, 0.05) is 6.04 Å². The molecule has 0 saturated heterocycles. The van der Waals surface area contributed by atoms with E-state index < -0.39 is 0 Å². The van der Waals surface area contributed by atoms with Crippen LogP contribution in [0.4, 0.5) is 0 Å². The minimum atomic E-state index is 0.453. The van der Waals surface area contributed by atoms with Gasteiger partial charge in [0.05, 0.1) is 27.2 Å². The first-order chi connectivity index (χ1) is 9.90. The average molecular weight is 333 g/mol. The van der Waals surface area contributed by atoms with Gasteiger partial charge in [0.1, 0.15) is 0 Å². The first-order valence-corrected chi connectivity index (χ1v) is 8.61. The third-order valence-corrected chi connectivity index (χ3v) is 4.69. The summed E-state index contributed by atoms with van der Waals surface area (Å²) in [5.41, 5.74) is 5.89. The molecule has 0 aromatic rings. The van der Waals surface area contributed by atoms with Gasteiger partial charge in [-0.25, -0.2) is 0 Å². The molecule has 0 aromatic carbocycles. The molecular weight excluding hydrogens is 302 g/mol. The largest absolute Gasteiger partial charge is 0.358 e. The normalized spacial score (nSPS) is 25.3. The SMILES string of the molecule is C[C@@H]1[C@@H](C)CCC[C@H]1NC(=S)NNC(=S)NCC[NH+](C)C. The van der Waals surface area contributed by atoms with Crippen LogP contribution in [0, 0.1) is 11.8 Å². The molecule has 0 radical (unpaired) electrons. The van der Waals surface area contributed by atoms with Crippen molar-refractivity contribution in [3.63, 3.8) is 0 Å². The third-order valence-electron chi connectivity index (χ3n) is 4.22. The van der Waals surface area contributed by atoms with Crippen molar-refractivity contribution in [2.75, 3.05) is 27.2 Å². The van der Waals surface area contributed by atoms with Gasteiger partial charge in [-0.15, -0.1) is 0 Å². The molecule has 0 aromatic heterocycles. The Balaban J connectivity index is 2.20. The van der Waals surface area contributed by atoms with E-state index in [-0.39, 0.29) is 0 Å². The lowest BCUT2D eigenvalue weighted by Crippen LogP contribution is -3.06. The molecule has 1 aliphatic carbocycles. The lowest BCUT2D eigenvalue weighted by Gasteiger charge is -2.35. The summed E-state index contributed by atoms with van der Waals surface area (Å²) >= 11 is 10.5. The van der Waals surface area contributed by atoms with Gasteiger partial charge in [0.2, 0.25) is 0 Å². The number of rotatable bonds is 4. The second-order valence-corrected chi connectivity index (χ2v) is 7.13. The number of thiocarbonyl (C=S) groups is 2. The van der Waals surface area contributed by atoms with Crippen LogP contribution in [0.5, 0.6) is 0 Å². The summed E-state index contributed by atoms with van der Waals surface area (Å²) in [5, 5.41) is 7.72. The standard InChI is InChI=1S/C14H29N5S2/c1-10-6-5-7-12(11(10)2)16-14(21)18-17-13(20)15-8-9-19(3)4/h10-12H,5-9H2,1-4H3,(H2,15,17,20)(H2,16,18,21)/p+1/t10-,11+,12+/m0/s1. The van der Waals surface area contributed by atoms with Crippen molar-refractivity contribution in [3.05, 3.63) is 0 Å². The zero-order valence-electron chi connectivity index (χ0n) is 13.6. The highest BCUT2D eigenvalue weighted by molar-refractivity contribution is 7.80. The summed E-state index contributed by atoms with van der Waals surface area (Å²) < 4.78 is 0. The van der Waals surface area contributed by atoms with E-state index in [0.29, 0.717) is 22.2 Å². The van der Waals surface area contributed by atoms with Crippen LogP contribution in [0.3, 0.4) is 0 Å². The molecule has 5 N–H and O–H groups in total. The van der Waals surface area contributed by atoms with E-state index in [1.54, 1.807) is 0 Å². The van der Waals surface area contributed by atoms with Crippen LogP contribution in [0.25, 0.3) is 0 Å². The van der Waals surface area contributed by atoms with Crippen LogP contribution < -0.4 is 26.4 Å². The molecular formula is C14H30N5S2+. The van der Waals surface area contributed by atoms with Gasteiger partial charge in [0.25, 0.3) is 0 Å². The quantitative estimate of drug-likeness (QED) is 0.363. The van der Waals surface area contributed by atoms with E-state index in [0.717, 1.165) is 19.0 Å². The highest BCUT2D eigenvalue weighted by Crippen LogP contribution is 2.29. The number of quaternary nitrogens is 1. The van der Waals surface area contributed by atoms with E-state index >= 15 is 0 Å². The first-order valence-electron chi connectivity index (χ1n) is 7.79. The molecule has 21 heavy (non-hydrogen) atoms. The van der Waals surface area contributed by atoms with Crippen molar-refractivity contribution in [1.82, 2.24) is 21.5 Å². The molecule has 3 atom stereocenters. The minimum Gasteiger partial charge on any atom is -0.358 e. The summed E-state index contributed by atoms with van der Waals surface area (Å²) in [4.78, 5) is 1.39. The van der Waals surface area contributed by atoms with Crippen LogP contribution in [-0.4, -0.2) is 43.5 Å². The Morgan fingerprint density at radius 2 is 1.76 bits per heavy atom. The lowest BCUT2D eigenvalue weighted by atomic mass is 9.78. The summed E-state index contributed by atoms with van der Waals surface area (Å²) in [6.07, 6.45) is 3.77. The highest BCUT2D eigenvalue weighted by atomic mass is 32.1. The maximum Gasteiger partial charge on any atom is 0.185 e. The fraction of sp³-hybridized carbons (Fsp3) is 0.857. The van der Waals surface area contributed by atoms with Gasteiger partial charge in [-0.2, -0.15) is 0 Å². The van der Waals surface area contributed by atoms with Crippen molar-refractivity contribution < 1.29 is 4.90 Å². The van der Waals surface area contributed by atoms with Crippen molar-refractivity contribution in [2.24, 2.45) is 11.8 Å². The zero-order chi connectivity index (χ0) is 15.8. The van der Waals surface area contributed by atoms with E-state index in [1.807, 2.05) is 0 Å². The van der Waals surface area contributed by atoms with Gasteiger partial charge in [-0.1, -0.05) is 26.7 Å². The molecule has 0 heterocycles. The van der Waals surface area contributed by atoms with E-state index in [9.17, 15) is 0 Å². The highest BCUT2D eigenvalue weighted by Gasteiger charge is 2.27. The lowest BCUT2D eigenvalue weighted by molar-refractivity contribution is -0.856. The van der Waals surface area contributed by atoms with E-state index in [1.165, 1.54) is 24.2 Å².